The quantitative estimate of drug-likeness (QED) is 0.763. The van der Waals surface area contributed by atoms with E-state index in [1.165, 1.54) is 0 Å². The Morgan fingerprint density at radius 3 is 2.62 bits per heavy atom. The Labute approximate surface area is 134 Å². The number of para-hydroxylation sites is 1. The molecule has 2 aromatic carbocycles. The van der Waals surface area contributed by atoms with Crippen molar-refractivity contribution in [3.63, 3.8) is 0 Å². The Hall–Kier alpha value is -1.26. The zero-order valence-electron chi connectivity index (χ0n) is 11.5. The molecular formula is C16H17Cl2NO2. The van der Waals surface area contributed by atoms with Crippen LogP contribution in [-0.4, -0.2) is 18.3 Å². The van der Waals surface area contributed by atoms with E-state index >= 15 is 0 Å². The number of hydrogen-bond acceptors (Lipinski definition) is 3. The van der Waals surface area contributed by atoms with Gasteiger partial charge in [0.25, 0.3) is 0 Å². The predicted molar refractivity (Wildman–Crippen MR) is 86.0 cm³/mol. The van der Waals surface area contributed by atoms with Crippen LogP contribution in [0.4, 0.5) is 0 Å². The minimum atomic E-state index is 0.117. The Morgan fingerprint density at radius 1 is 1.05 bits per heavy atom. The summed E-state index contributed by atoms with van der Waals surface area (Å²) in [6.07, 6.45) is 0. The first-order valence-electron chi connectivity index (χ1n) is 6.67. The van der Waals surface area contributed by atoms with Gasteiger partial charge in [0.15, 0.2) is 0 Å². The van der Waals surface area contributed by atoms with E-state index in [0.717, 1.165) is 16.9 Å². The van der Waals surface area contributed by atoms with Gasteiger partial charge in [0, 0.05) is 18.7 Å². The van der Waals surface area contributed by atoms with Crippen molar-refractivity contribution in [3.05, 3.63) is 63.6 Å². The van der Waals surface area contributed by atoms with Crippen LogP contribution in [0.15, 0.2) is 42.5 Å². The van der Waals surface area contributed by atoms with Crippen LogP contribution in [0.25, 0.3) is 0 Å². The summed E-state index contributed by atoms with van der Waals surface area (Å²) in [5, 5.41) is 13.0. The fourth-order valence-corrected chi connectivity index (χ4v) is 2.20. The molecule has 0 saturated carbocycles. The number of halogens is 2. The molecule has 21 heavy (non-hydrogen) atoms. The van der Waals surface area contributed by atoms with Gasteiger partial charge in [-0.25, -0.2) is 0 Å². The van der Waals surface area contributed by atoms with E-state index in [1.807, 2.05) is 30.3 Å². The molecule has 0 heterocycles. The second kappa shape index (κ2) is 8.25. The van der Waals surface area contributed by atoms with Gasteiger partial charge in [0.1, 0.15) is 12.4 Å². The van der Waals surface area contributed by atoms with Crippen LogP contribution in [-0.2, 0) is 13.2 Å². The van der Waals surface area contributed by atoms with E-state index in [0.29, 0.717) is 29.7 Å². The minimum absolute atomic E-state index is 0.117. The van der Waals surface area contributed by atoms with Crippen molar-refractivity contribution < 1.29 is 9.84 Å². The summed E-state index contributed by atoms with van der Waals surface area (Å²) in [5.74, 6) is 0.814. The number of aliphatic hydroxyl groups excluding tert-OH is 1. The number of nitrogens with one attached hydrogen (secondary N) is 1. The highest BCUT2D eigenvalue weighted by atomic mass is 35.5. The van der Waals surface area contributed by atoms with Crippen molar-refractivity contribution in [1.82, 2.24) is 5.32 Å². The maximum Gasteiger partial charge on any atom is 0.124 e. The lowest BCUT2D eigenvalue weighted by Crippen LogP contribution is -2.18. The third kappa shape index (κ3) is 4.90. The third-order valence-electron chi connectivity index (χ3n) is 2.95. The average Bonchev–Trinajstić information content (AvgIpc) is 2.50. The van der Waals surface area contributed by atoms with Crippen molar-refractivity contribution >= 4 is 23.2 Å². The van der Waals surface area contributed by atoms with Crippen LogP contribution >= 0.6 is 23.2 Å². The van der Waals surface area contributed by atoms with Gasteiger partial charge in [-0.3, -0.25) is 0 Å². The van der Waals surface area contributed by atoms with Gasteiger partial charge in [0.05, 0.1) is 16.7 Å². The molecule has 0 aliphatic carbocycles. The minimum Gasteiger partial charge on any atom is -0.489 e. The van der Waals surface area contributed by atoms with Crippen LogP contribution < -0.4 is 10.1 Å². The van der Waals surface area contributed by atoms with Crippen LogP contribution in [0.3, 0.4) is 0 Å². The molecule has 0 bridgehead atoms. The van der Waals surface area contributed by atoms with Crippen LogP contribution in [0.2, 0.25) is 10.0 Å². The highest BCUT2D eigenvalue weighted by Gasteiger charge is 2.04. The largest absolute Gasteiger partial charge is 0.489 e. The normalized spacial score (nSPS) is 10.6. The summed E-state index contributed by atoms with van der Waals surface area (Å²) in [5.41, 5.74) is 2.01. The number of ether oxygens (including phenoxy) is 1. The molecule has 2 N–H and O–H groups in total. The first kappa shape index (κ1) is 16.1. The molecule has 0 aromatic heterocycles. The number of hydrogen-bond donors (Lipinski definition) is 2. The molecule has 2 aromatic rings. The predicted octanol–water partition coefficient (Wildman–Crippen LogP) is 3.65. The summed E-state index contributed by atoms with van der Waals surface area (Å²) < 4.78 is 5.84. The van der Waals surface area contributed by atoms with E-state index in [9.17, 15) is 0 Å². The molecule has 0 spiro atoms. The molecular weight excluding hydrogens is 309 g/mol. The molecule has 0 saturated heterocycles. The molecule has 0 aliphatic rings. The highest BCUT2D eigenvalue weighted by Crippen LogP contribution is 2.24. The molecule has 0 radical (unpaired) electrons. The maximum absolute atomic E-state index is 8.80. The molecule has 3 nitrogen and oxygen atoms in total. The Balaban J connectivity index is 2.00. The van der Waals surface area contributed by atoms with Gasteiger partial charge in [-0.05, 0) is 23.8 Å². The molecule has 0 unspecified atom stereocenters. The van der Waals surface area contributed by atoms with Crippen LogP contribution in [0.1, 0.15) is 11.1 Å². The first-order valence-corrected chi connectivity index (χ1v) is 7.42. The monoisotopic (exact) mass is 325 g/mol. The summed E-state index contributed by atoms with van der Waals surface area (Å²) in [6.45, 7) is 1.75. The number of rotatable bonds is 7. The van der Waals surface area contributed by atoms with E-state index in [1.54, 1.807) is 12.1 Å². The molecule has 112 valence electrons. The lowest BCUT2D eigenvalue weighted by Gasteiger charge is -2.12. The first-order chi connectivity index (χ1) is 10.2. The van der Waals surface area contributed by atoms with Crippen LogP contribution in [0.5, 0.6) is 5.75 Å². The highest BCUT2D eigenvalue weighted by molar-refractivity contribution is 6.42. The zero-order chi connectivity index (χ0) is 15.1. The Bertz CT molecular complexity index is 590. The van der Waals surface area contributed by atoms with Gasteiger partial charge in [-0.1, -0.05) is 47.5 Å². The third-order valence-corrected chi connectivity index (χ3v) is 3.69. The maximum atomic E-state index is 8.80. The molecule has 5 heteroatoms. The summed E-state index contributed by atoms with van der Waals surface area (Å²) in [6, 6.07) is 13.3. The zero-order valence-corrected chi connectivity index (χ0v) is 13.0. The second-order valence-electron chi connectivity index (χ2n) is 4.55. The smallest absolute Gasteiger partial charge is 0.124 e. The van der Waals surface area contributed by atoms with E-state index in [-0.39, 0.29) is 6.61 Å². The standard InChI is InChI=1S/C16H17Cl2NO2/c17-14-6-5-12(9-15(14)18)11-21-16-4-2-1-3-13(16)10-19-7-8-20/h1-6,9,19-20H,7-8,10-11H2. The Kier molecular flexibility index (Phi) is 6.33. The van der Waals surface area contributed by atoms with Gasteiger partial charge in [-0.15, -0.1) is 0 Å². The fraction of sp³-hybridized carbons (Fsp3) is 0.250. The van der Waals surface area contributed by atoms with Crippen molar-refractivity contribution in [2.75, 3.05) is 13.2 Å². The topological polar surface area (TPSA) is 41.5 Å². The summed E-state index contributed by atoms with van der Waals surface area (Å²) in [4.78, 5) is 0. The average molecular weight is 326 g/mol. The number of aliphatic hydroxyl groups is 1. The fourth-order valence-electron chi connectivity index (χ4n) is 1.88. The Morgan fingerprint density at radius 2 is 1.86 bits per heavy atom. The molecule has 0 fully saturated rings. The van der Waals surface area contributed by atoms with Crippen molar-refractivity contribution in [2.24, 2.45) is 0 Å². The van der Waals surface area contributed by atoms with Crippen molar-refractivity contribution in [2.45, 2.75) is 13.2 Å². The van der Waals surface area contributed by atoms with Crippen LogP contribution in [0, 0.1) is 0 Å². The molecule has 2 rings (SSSR count). The lowest BCUT2D eigenvalue weighted by molar-refractivity contribution is 0.288. The van der Waals surface area contributed by atoms with Gasteiger partial charge in [-0.2, -0.15) is 0 Å². The van der Waals surface area contributed by atoms with Crippen molar-refractivity contribution in [1.29, 1.82) is 0 Å². The summed E-state index contributed by atoms with van der Waals surface area (Å²) in [7, 11) is 0. The molecule has 0 atom stereocenters. The molecule has 0 amide bonds. The van der Waals surface area contributed by atoms with E-state index < -0.39 is 0 Å². The summed E-state index contributed by atoms with van der Waals surface area (Å²) >= 11 is 11.9. The van der Waals surface area contributed by atoms with Gasteiger partial charge >= 0.3 is 0 Å². The van der Waals surface area contributed by atoms with Crippen molar-refractivity contribution in [3.8, 4) is 5.75 Å². The van der Waals surface area contributed by atoms with Gasteiger partial charge < -0.3 is 15.2 Å². The lowest BCUT2D eigenvalue weighted by atomic mass is 10.2. The number of benzene rings is 2. The van der Waals surface area contributed by atoms with E-state index in [4.69, 9.17) is 33.0 Å². The SMILES string of the molecule is OCCNCc1ccccc1OCc1ccc(Cl)c(Cl)c1. The van der Waals surface area contributed by atoms with Gasteiger partial charge in [0.2, 0.25) is 0 Å². The molecule has 0 aliphatic heterocycles. The second-order valence-corrected chi connectivity index (χ2v) is 5.36. The van der Waals surface area contributed by atoms with E-state index in [2.05, 4.69) is 5.32 Å².